The molecule has 2 fully saturated rings. The summed E-state index contributed by atoms with van der Waals surface area (Å²) in [5.41, 5.74) is 0. The second-order valence-corrected chi connectivity index (χ2v) is 11.6. The van der Waals surface area contributed by atoms with Gasteiger partial charge in [-0.1, -0.05) is 30.0 Å². The first-order valence-electron chi connectivity index (χ1n) is 9.09. The number of carbonyl (C=O) groups is 2. The SMILES string of the molecule is CCN(C(=O)CCCN1C(=O)C(=Cc2cccs2)SC1=S)C1CCS(=O)(=O)C1. The lowest BCUT2D eigenvalue weighted by molar-refractivity contribution is -0.133. The zero-order valence-corrected chi connectivity index (χ0v) is 18.8. The van der Waals surface area contributed by atoms with Crippen molar-refractivity contribution in [1.29, 1.82) is 0 Å². The number of thioether (sulfide) groups is 1. The lowest BCUT2D eigenvalue weighted by atomic mass is 10.2. The molecule has 2 amide bonds. The molecule has 28 heavy (non-hydrogen) atoms. The van der Waals surface area contributed by atoms with Gasteiger partial charge in [-0.2, -0.15) is 0 Å². The van der Waals surface area contributed by atoms with E-state index in [0.29, 0.717) is 35.2 Å². The largest absolute Gasteiger partial charge is 0.339 e. The molecule has 3 rings (SSSR count). The van der Waals surface area contributed by atoms with Gasteiger partial charge in [0.05, 0.1) is 16.4 Å². The highest BCUT2D eigenvalue weighted by atomic mass is 32.2. The van der Waals surface area contributed by atoms with Crippen molar-refractivity contribution in [2.75, 3.05) is 24.6 Å². The Morgan fingerprint density at radius 2 is 2.25 bits per heavy atom. The molecule has 1 unspecified atom stereocenters. The number of hydrogen-bond donors (Lipinski definition) is 0. The summed E-state index contributed by atoms with van der Waals surface area (Å²) in [5.74, 6) is 0.0119. The maximum absolute atomic E-state index is 12.6. The second-order valence-electron chi connectivity index (χ2n) is 6.69. The van der Waals surface area contributed by atoms with E-state index in [1.165, 1.54) is 11.8 Å². The number of rotatable bonds is 7. The molecule has 1 aromatic heterocycles. The van der Waals surface area contributed by atoms with Gasteiger partial charge in [-0.05, 0) is 37.3 Å². The van der Waals surface area contributed by atoms with Crippen LogP contribution in [0.4, 0.5) is 0 Å². The number of sulfone groups is 1. The van der Waals surface area contributed by atoms with Crippen molar-refractivity contribution in [3.8, 4) is 0 Å². The van der Waals surface area contributed by atoms with Crippen LogP contribution >= 0.6 is 35.3 Å². The Balaban J connectivity index is 1.53. The van der Waals surface area contributed by atoms with E-state index in [2.05, 4.69) is 0 Å². The standard InChI is InChI=1S/C18H22N2O4S4/c1-2-19(13-7-10-28(23,24)12-13)16(21)6-3-8-20-17(22)15(27-18(20)25)11-14-5-4-9-26-14/h4-5,9,11,13H,2-3,6-8,10,12H2,1H3. The van der Waals surface area contributed by atoms with Gasteiger partial charge in [-0.15, -0.1) is 11.3 Å². The number of thiocarbonyl (C=S) groups is 1. The quantitative estimate of drug-likeness (QED) is 0.462. The van der Waals surface area contributed by atoms with Crippen LogP contribution in [0, 0.1) is 0 Å². The topological polar surface area (TPSA) is 74.8 Å². The number of thiophene rings is 1. The Morgan fingerprint density at radius 3 is 2.86 bits per heavy atom. The van der Waals surface area contributed by atoms with Crippen LogP contribution in [0.2, 0.25) is 0 Å². The van der Waals surface area contributed by atoms with Crippen molar-refractivity contribution in [3.63, 3.8) is 0 Å². The minimum Gasteiger partial charge on any atom is -0.339 e. The molecule has 2 aliphatic heterocycles. The van der Waals surface area contributed by atoms with Gasteiger partial charge in [0.2, 0.25) is 5.91 Å². The predicted molar refractivity (Wildman–Crippen MR) is 118 cm³/mol. The monoisotopic (exact) mass is 458 g/mol. The zero-order chi connectivity index (χ0) is 20.3. The third-order valence-electron chi connectivity index (χ3n) is 4.77. The Hall–Kier alpha value is -1.23. The number of nitrogens with zero attached hydrogens (tertiary/aromatic N) is 2. The number of carbonyl (C=O) groups excluding carboxylic acids is 2. The average molecular weight is 459 g/mol. The van der Waals surface area contributed by atoms with E-state index >= 15 is 0 Å². The molecule has 0 bridgehead atoms. The van der Waals surface area contributed by atoms with Gasteiger partial charge in [0, 0.05) is 30.4 Å². The first kappa shape index (κ1) is 21.5. The molecular weight excluding hydrogens is 436 g/mol. The first-order chi connectivity index (χ1) is 13.3. The summed E-state index contributed by atoms with van der Waals surface area (Å²) in [4.78, 5) is 30.0. The smallest absolute Gasteiger partial charge is 0.266 e. The highest BCUT2D eigenvalue weighted by Crippen LogP contribution is 2.33. The van der Waals surface area contributed by atoms with Gasteiger partial charge in [0.15, 0.2) is 9.84 Å². The van der Waals surface area contributed by atoms with Crippen molar-refractivity contribution in [3.05, 3.63) is 27.3 Å². The molecular formula is C18H22N2O4S4. The van der Waals surface area contributed by atoms with Gasteiger partial charge in [-0.3, -0.25) is 14.5 Å². The van der Waals surface area contributed by atoms with E-state index in [9.17, 15) is 18.0 Å². The van der Waals surface area contributed by atoms with E-state index in [4.69, 9.17) is 12.2 Å². The Bertz CT molecular complexity index is 893. The summed E-state index contributed by atoms with van der Waals surface area (Å²) in [6.45, 7) is 2.74. The van der Waals surface area contributed by atoms with E-state index in [-0.39, 0.29) is 35.8 Å². The summed E-state index contributed by atoms with van der Waals surface area (Å²) < 4.78 is 23.9. The lowest BCUT2D eigenvalue weighted by Gasteiger charge is -2.27. The second kappa shape index (κ2) is 9.06. The highest BCUT2D eigenvalue weighted by Gasteiger charge is 2.34. The van der Waals surface area contributed by atoms with Crippen LogP contribution in [0.1, 0.15) is 31.1 Å². The summed E-state index contributed by atoms with van der Waals surface area (Å²) in [5, 5.41) is 1.95. The molecule has 2 saturated heterocycles. The van der Waals surface area contributed by atoms with Gasteiger partial charge in [0.25, 0.3) is 5.91 Å². The van der Waals surface area contributed by atoms with Crippen LogP contribution in [0.25, 0.3) is 6.08 Å². The maximum Gasteiger partial charge on any atom is 0.266 e. The molecule has 0 aromatic carbocycles. The fourth-order valence-electron chi connectivity index (χ4n) is 3.39. The summed E-state index contributed by atoms with van der Waals surface area (Å²) >= 11 is 8.17. The normalized spacial score (nSPS) is 23.0. The molecule has 2 aliphatic rings. The Kier molecular flexibility index (Phi) is 6.95. The summed E-state index contributed by atoms with van der Waals surface area (Å²) in [7, 11) is -3.03. The van der Waals surface area contributed by atoms with Gasteiger partial charge in [0.1, 0.15) is 4.32 Å². The van der Waals surface area contributed by atoms with Gasteiger partial charge in [-0.25, -0.2) is 8.42 Å². The average Bonchev–Trinajstić information content (AvgIpc) is 3.33. The fourth-order valence-corrected chi connectivity index (χ4v) is 7.15. The Morgan fingerprint density at radius 1 is 1.46 bits per heavy atom. The van der Waals surface area contributed by atoms with Gasteiger partial charge >= 0.3 is 0 Å². The predicted octanol–water partition coefficient (Wildman–Crippen LogP) is 2.77. The fraction of sp³-hybridized carbons (Fsp3) is 0.500. The van der Waals surface area contributed by atoms with Crippen LogP contribution in [0.15, 0.2) is 22.4 Å². The van der Waals surface area contributed by atoms with Crippen molar-refractivity contribution in [1.82, 2.24) is 9.80 Å². The Labute approximate surface area is 178 Å². The van der Waals surface area contributed by atoms with Crippen molar-refractivity contribution < 1.29 is 18.0 Å². The minimum atomic E-state index is -3.03. The molecule has 0 aliphatic carbocycles. The van der Waals surface area contributed by atoms with Crippen molar-refractivity contribution in [2.24, 2.45) is 0 Å². The number of hydrogen-bond acceptors (Lipinski definition) is 7. The van der Waals surface area contributed by atoms with Crippen molar-refractivity contribution >= 4 is 67.4 Å². The molecule has 152 valence electrons. The van der Waals surface area contributed by atoms with Crippen LogP contribution in [0.5, 0.6) is 0 Å². The van der Waals surface area contributed by atoms with Gasteiger partial charge < -0.3 is 4.90 Å². The molecule has 0 spiro atoms. The first-order valence-corrected chi connectivity index (χ1v) is 13.0. The zero-order valence-electron chi connectivity index (χ0n) is 15.5. The van der Waals surface area contributed by atoms with Crippen LogP contribution in [-0.4, -0.2) is 65.0 Å². The molecule has 1 aromatic rings. The lowest BCUT2D eigenvalue weighted by Crippen LogP contribution is -2.41. The molecule has 0 saturated carbocycles. The summed E-state index contributed by atoms with van der Waals surface area (Å²) in [6.07, 6.45) is 3.11. The van der Waals surface area contributed by atoms with E-state index in [1.807, 2.05) is 30.5 Å². The van der Waals surface area contributed by atoms with Crippen LogP contribution in [0.3, 0.4) is 0 Å². The summed E-state index contributed by atoms with van der Waals surface area (Å²) in [6, 6.07) is 3.64. The third-order valence-corrected chi connectivity index (χ3v) is 8.72. The van der Waals surface area contributed by atoms with Crippen molar-refractivity contribution in [2.45, 2.75) is 32.2 Å². The molecule has 3 heterocycles. The minimum absolute atomic E-state index is 0.0504. The van der Waals surface area contributed by atoms with Crippen LogP contribution in [-0.2, 0) is 19.4 Å². The molecule has 0 N–H and O–H groups in total. The molecule has 1 atom stereocenters. The molecule has 6 nitrogen and oxygen atoms in total. The number of amides is 2. The highest BCUT2D eigenvalue weighted by molar-refractivity contribution is 8.26. The van der Waals surface area contributed by atoms with E-state index < -0.39 is 9.84 Å². The third kappa shape index (κ3) is 5.03. The van der Waals surface area contributed by atoms with E-state index in [1.54, 1.807) is 21.1 Å². The maximum atomic E-state index is 12.6. The molecule has 0 radical (unpaired) electrons. The van der Waals surface area contributed by atoms with E-state index in [0.717, 1.165) is 4.88 Å². The van der Waals surface area contributed by atoms with Crippen LogP contribution < -0.4 is 0 Å². The molecule has 10 heteroatoms.